The predicted octanol–water partition coefficient (Wildman–Crippen LogP) is 3.62. The Balaban J connectivity index is 1.64. The molecule has 1 N–H and O–H groups in total. The van der Waals surface area contributed by atoms with Gasteiger partial charge in [0.15, 0.2) is 0 Å². The Bertz CT molecular complexity index is 1080. The number of halogens is 1. The molecule has 0 fully saturated rings. The molecule has 0 saturated heterocycles. The molecule has 1 aliphatic heterocycles. The summed E-state index contributed by atoms with van der Waals surface area (Å²) < 4.78 is 5.27. The van der Waals surface area contributed by atoms with Gasteiger partial charge in [-0.1, -0.05) is 16.8 Å². The summed E-state index contributed by atoms with van der Waals surface area (Å²) in [5, 5.41) is 6.83. The molecule has 0 bridgehead atoms. The summed E-state index contributed by atoms with van der Waals surface area (Å²) >= 11 is 6.19. The second-order valence-corrected chi connectivity index (χ2v) is 6.53. The van der Waals surface area contributed by atoms with Crippen molar-refractivity contribution in [2.45, 2.75) is 19.9 Å². The molecule has 0 unspecified atom stereocenters. The van der Waals surface area contributed by atoms with Crippen LogP contribution in [-0.2, 0) is 13.0 Å². The minimum Gasteiger partial charge on any atom is -0.358 e. The third-order valence-electron chi connectivity index (χ3n) is 4.66. The Morgan fingerprint density at radius 3 is 3.12 bits per heavy atom. The lowest BCUT2D eigenvalue weighted by Gasteiger charge is -2.28. The van der Waals surface area contributed by atoms with Crippen LogP contribution in [0.3, 0.4) is 0 Å². The van der Waals surface area contributed by atoms with Crippen molar-refractivity contribution in [1.29, 1.82) is 0 Å². The minimum atomic E-state index is 0.533. The third kappa shape index (κ3) is 1.93. The SMILES string of the molecule is Cc1noc2ncnc(N3CCc4[nH]c5ccc(Cl)cc5c4C3)c12. The fraction of sp³-hybridized carbons (Fsp3) is 0.235. The van der Waals surface area contributed by atoms with Crippen LogP contribution in [0, 0.1) is 6.92 Å². The van der Waals surface area contributed by atoms with Crippen molar-refractivity contribution in [1.82, 2.24) is 20.1 Å². The zero-order valence-corrected chi connectivity index (χ0v) is 13.8. The van der Waals surface area contributed by atoms with Gasteiger partial charge in [-0.3, -0.25) is 0 Å². The molecule has 0 spiro atoms. The quantitative estimate of drug-likeness (QED) is 0.573. The van der Waals surface area contributed by atoms with Gasteiger partial charge in [-0.05, 0) is 25.1 Å². The van der Waals surface area contributed by atoms with Gasteiger partial charge in [0.05, 0.1) is 5.69 Å². The molecule has 1 aliphatic rings. The highest BCUT2D eigenvalue weighted by Crippen LogP contribution is 2.33. The lowest BCUT2D eigenvalue weighted by molar-refractivity contribution is 0.442. The number of anilines is 1. The summed E-state index contributed by atoms with van der Waals surface area (Å²) in [4.78, 5) is 14.4. The molecule has 5 rings (SSSR count). The number of benzene rings is 1. The second-order valence-electron chi connectivity index (χ2n) is 6.09. The van der Waals surface area contributed by atoms with Gasteiger partial charge in [-0.25, -0.2) is 4.98 Å². The maximum Gasteiger partial charge on any atom is 0.263 e. The van der Waals surface area contributed by atoms with E-state index >= 15 is 0 Å². The van der Waals surface area contributed by atoms with E-state index in [0.717, 1.165) is 46.9 Å². The van der Waals surface area contributed by atoms with Crippen LogP contribution in [-0.4, -0.2) is 26.7 Å². The van der Waals surface area contributed by atoms with Gasteiger partial charge < -0.3 is 14.4 Å². The van der Waals surface area contributed by atoms with Crippen LogP contribution >= 0.6 is 11.6 Å². The lowest BCUT2D eigenvalue weighted by atomic mass is 10.0. The Labute approximate surface area is 142 Å². The number of aromatic nitrogens is 4. The van der Waals surface area contributed by atoms with Crippen molar-refractivity contribution in [2.24, 2.45) is 0 Å². The minimum absolute atomic E-state index is 0.533. The van der Waals surface area contributed by atoms with Crippen LogP contribution in [0.5, 0.6) is 0 Å². The van der Waals surface area contributed by atoms with Gasteiger partial charge in [-0.15, -0.1) is 0 Å². The molecule has 6 nitrogen and oxygen atoms in total. The van der Waals surface area contributed by atoms with Crippen molar-refractivity contribution in [3.8, 4) is 0 Å². The Morgan fingerprint density at radius 1 is 1.29 bits per heavy atom. The summed E-state index contributed by atoms with van der Waals surface area (Å²) in [7, 11) is 0. The van der Waals surface area contributed by atoms with Crippen molar-refractivity contribution < 1.29 is 4.52 Å². The normalized spacial score (nSPS) is 14.5. The van der Waals surface area contributed by atoms with E-state index < -0.39 is 0 Å². The molecule has 0 atom stereocenters. The zero-order valence-electron chi connectivity index (χ0n) is 13.0. The Kier molecular flexibility index (Phi) is 2.84. The van der Waals surface area contributed by atoms with Crippen molar-refractivity contribution in [3.63, 3.8) is 0 Å². The first-order valence-electron chi connectivity index (χ1n) is 7.81. The van der Waals surface area contributed by atoms with Crippen LogP contribution in [0.25, 0.3) is 22.0 Å². The van der Waals surface area contributed by atoms with Crippen LogP contribution in [0.4, 0.5) is 5.82 Å². The molecule has 3 aromatic heterocycles. The molecule has 0 radical (unpaired) electrons. The summed E-state index contributed by atoms with van der Waals surface area (Å²) in [6.45, 7) is 3.57. The van der Waals surface area contributed by atoms with E-state index in [2.05, 4.69) is 25.0 Å². The number of aryl methyl sites for hydroxylation is 1. The maximum atomic E-state index is 6.19. The number of hydrogen-bond donors (Lipinski definition) is 1. The number of aromatic amines is 1. The van der Waals surface area contributed by atoms with E-state index in [1.807, 2.05) is 25.1 Å². The zero-order chi connectivity index (χ0) is 16.3. The standard InChI is InChI=1S/C17H14ClN5O/c1-9-15-16(19-8-20-17(15)24-22-9)23-5-4-14-12(7-23)11-6-10(18)2-3-13(11)21-14/h2-3,6,8,21H,4-5,7H2,1H3. The number of nitrogens with one attached hydrogen (secondary N) is 1. The summed E-state index contributed by atoms with van der Waals surface area (Å²) in [5.41, 5.74) is 5.02. The summed E-state index contributed by atoms with van der Waals surface area (Å²) in [6.07, 6.45) is 2.46. The van der Waals surface area contributed by atoms with Gasteiger partial charge >= 0.3 is 0 Å². The first-order valence-corrected chi connectivity index (χ1v) is 8.19. The van der Waals surface area contributed by atoms with E-state index in [9.17, 15) is 0 Å². The molecule has 4 aromatic rings. The van der Waals surface area contributed by atoms with Crippen LogP contribution in [0.1, 0.15) is 17.0 Å². The highest BCUT2D eigenvalue weighted by atomic mass is 35.5. The van der Waals surface area contributed by atoms with Gasteiger partial charge in [-0.2, -0.15) is 4.98 Å². The highest BCUT2D eigenvalue weighted by molar-refractivity contribution is 6.31. The molecule has 0 aliphatic carbocycles. The van der Waals surface area contributed by atoms with Crippen molar-refractivity contribution >= 4 is 39.4 Å². The maximum absolute atomic E-state index is 6.19. The number of rotatable bonds is 1. The number of H-pyrrole nitrogens is 1. The average Bonchev–Trinajstić information content (AvgIpc) is 3.15. The largest absolute Gasteiger partial charge is 0.358 e. The number of nitrogens with zero attached hydrogens (tertiary/aromatic N) is 4. The van der Waals surface area contributed by atoms with E-state index in [1.54, 1.807) is 0 Å². The first-order chi connectivity index (χ1) is 11.7. The molecule has 24 heavy (non-hydrogen) atoms. The second kappa shape index (κ2) is 4.95. The van der Waals surface area contributed by atoms with Crippen LogP contribution in [0.2, 0.25) is 5.02 Å². The third-order valence-corrected chi connectivity index (χ3v) is 4.90. The van der Waals surface area contributed by atoms with E-state index in [1.165, 1.54) is 23.0 Å². The van der Waals surface area contributed by atoms with Gasteiger partial charge in [0.2, 0.25) is 0 Å². The number of hydrogen-bond acceptors (Lipinski definition) is 5. The molecule has 0 amide bonds. The van der Waals surface area contributed by atoms with Gasteiger partial charge in [0.25, 0.3) is 5.71 Å². The van der Waals surface area contributed by atoms with E-state index in [-0.39, 0.29) is 0 Å². The predicted molar refractivity (Wildman–Crippen MR) is 92.4 cm³/mol. The van der Waals surface area contributed by atoms with E-state index in [4.69, 9.17) is 16.1 Å². The molecule has 120 valence electrons. The van der Waals surface area contributed by atoms with Crippen LogP contribution < -0.4 is 4.90 Å². The smallest absolute Gasteiger partial charge is 0.263 e. The topological polar surface area (TPSA) is 70.8 Å². The fourth-order valence-electron chi connectivity index (χ4n) is 3.51. The summed E-state index contributed by atoms with van der Waals surface area (Å²) in [5.74, 6) is 0.876. The van der Waals surface area contributed by atoms with E-state index in [0.29, 0.717) is 5.71 Å². The fourth-order valence-corrected chi connectivity index (χ4v) is 3.68. The van der Waals surface area contributed by atoms with Gasteiger partial charge in [0, 0.05) is 46.7 Å². The Hall–Kier alpha value is -2.60. The monoisotopic (exact) mass is 339 g/mol. The molecule has 0 saturated carbocycles. The average molecular weight is 340 g/mol. The molecule has 4 heterocycles. The highest BCUT2D eigenvalue weighted by Gasteiger charge is 2.24. The Morgan fingerprint density at radius 2 is 2.21 bits per heavy atom. The van der Waals surface area contributed by atoms with Crippen molar-refractivity contribution in [3.05, 3.63) is 46.5 Å². The molecule has 7 heteroatoms. The summed E-state index contributed by atoms with van der Waals surface area (Å²) in [6, 6.07) is 5.97. The van der Waals surface area contributed by atoms with Gasteiger partial charge in [0.1, 0.15) is 17.5 Å². The van der Waals surface area contributed by atoms with Crippen LogP contribution in [0.15, 0.2) is 29.0 Å². The number of fused-ring (bicyclic) bond motifs is 4. The lowest BCUT2D eigenvalue weighted by Crippen LogP contribution is -2.31. The molecular weight excluding hydrogens is 326 g/mol. The molecular formula is C17H14ClN5O. The first kappa shape index (κ1) is 13.8. The molecule has 1 aromatic carbocycles. The van der Waals surface area contributed by atoms with Crippen molar-refractivity contribution in [2.75, 3.05) is 11.4 Å².